The predicted molar refractivity (Wildman–Crippen MR) is 83.8 cm³/mol. The first-order valence-corrected chi connectivity index (χ1v) is 6.90. The van der Waals surface area contributed by atoms with Crippen LogP contribution < -0.4 is 9.47 Å². The molecular formula is C18H22O2. The van der Waals surface area contributed by atoms with Crippen molar-refractivity contribution < 1.29 is 9.47 Å². The van der Waals surface area contributed by atoms with Crippen molar-refractivity contribution in [3.8, 4) is 22.6 Å². The maximum absolute atomic E-state index is 5.59. The van der Waals surface area contributed by atoms with Crippen LogP contribution in [0.1, 0.15) is 30.9 Å². The van der Waals surface area contributed by atoms with Crippen LogP contribution >= 0.6 is 0 Å². The molecular weight excluding hydrogens is 248 g/mol. The van der Waals surface area contributed by atoms with Crippen LogP contribution in [0.2, 0.25) is 0 Å². The van der Waals surface area contributed by atoms with Crippen LogP contribution in [-0.2, 0) is 0 Å². The third kappa shape index (κ3) is 2.64. The van der Waals surface area contributed by atoms with Crippen molar-refractivity contribution in [3.05, 3.63) is 47.5 Å². The summed E-state index contributed by atoms with van der Waals surface area (Å²) in [4.78, 5) is 0. The van der Waals surface area contributed by atoms with Crippen molar-refractivity contribution in [3.63, 3.8) is 0 Å². The van der Waals surface area contributed by atoms with Crippen molar-refractivity contribution in [2.45, 2.75) is 26.7 Å². The van der Waals surface area contributed by atoms with Gasteiger partial charge in [-0.15, -0.1) is 0 Å². The summed E-state index contributed by atoms with van der Waals surface area (Å²) in [7, 11) is 3.42. The Hall–Kier alpha value is -1.96. The van der Waals surface area contributed by atoms with Crippen LogP contribution in [0, 0.1) is 6.92 Å². The fourth-order valence-corrected chi connectivity index (χ4v) is 2.43. The lowest BCUT2D eigenvalue weighted by Crippen LogP contribution is -1.96. The van der Waals surface area contributed by atoms with Gasteiger partial charge in [-0.25, -0.2) is 0 Å². The number of methoxy groups -OCH3 is 2. The van der Waals surface area contributed by atoms with E-state index in [1.165, 1.54) is 11.1 Å². The smallest absolute Gasteiger partial charge is 0.127 e. The summed E-state index contributed by atoms with van der Waals surface area (Å²) >= 11 is 0. The van der Waals surface area contributed by atoms with E-state index in [0.29, 0.717) is 5.92 Å². The van der Waals surface area contributed by atoms with E-state index in [2.05, 4.69) is 45.0 Å². The normalized spacial score (nSPS) is 10.7. The molecule has 106 valence electrons. The molecule has 0 aromatic heterocycles. The zero-order chi connectivity index (χ0) is 14.7. The van der Waals surface area contributed by atoms with Crippen LogP contribution in [0.25, 0.3) is 11.1 Å². The quantitative estimate of drug-likeness (QED) is 0.794. The van der Waals surface area contributed by atoms with Gasteiger partial charge in [0, 0.05) is 11.1 Å². The van der Waals surface area contributed by atoms with Gasteiger partial charge in [-0.05, 0) is 36.1 Å². The van der Waals surface area contributed by atoms with Gasteiger partial charge in [-0.3, -0.25) is 0 Å². The van der Waals surface area contributed by atoms with Gasteiger partial charge in [0.05, 0.1) is 14.2 Å². The van der Waals surface area contributed by atoms with Gasteiger partial charge in [-0.2, -0.15) is 0 Å². The van der Waals surface area contributed by atoms with Gasteiger partial charge in [0.2, 0.25) is 0 Å². The van der Waals surface area contributed by atoms with Gasteiger partial charge in [0.1, 0.15) is 11.5 Å². The van der Waals surface area contributed by atoms with E-state index in [1.807, 2.05) is 12.1 Å². The van der Waals surface area contributed by atoms with E-state index in [9.17, 15) is 0 Å². The SMILES string of the molecule is COc1cc(C(C)C)ccc1-c1c(C)cccc1OC. The fourth-order valence-electron chi connectivity index (χ4n) is 2.43. The fraction of sp³-hybridized carbons (Fsp3) is 0.333. The monoisotopic (exact) mass is 270 g/mol. The standard InChI is InChI=1S/C18H22O2/c1-12(2)14-9-10-15(17(11-14)20-5)18-13(3)7-6-8-16(18)19-4/h6-12H,1-5H3. The van der Waals surface area contributed by atoms with Gasteiger partial charge < -0.3 is 9.47 Å². The number of aryl methyl sites for hydroxylation is 1. The van der Waals surface area contributed by atoms with Gasteiger partial charge >= 0.3 is 0 Å². The van der Waals surface area contributed by atoms with Crippen LogP contribution in [0.5, 0.6) is 11.5 Å². The van der Waals surface area contributed by atoms with Gasteiger partial charge in [-0.1, -0.05) is 38.1 Å². The summed E-state index contributed by atoms with van der Waals surface area (Å²) in [6.45, 7) is 6.46. The minimum absolute atomic E-state index is 0.483. The van der Waals surface area contributed by atoms with E-state index >= 15 is 0 Å². The molecule has 0 aliphatic heterocycles. The van der Waals surface area contributed by atoms with Crippen LogP contribution in [0.3, 0.4) is 0 Å². The third-order valence-electron chi connectivity index (χ3n) is 3.62. The van der Waals surface area contributed by atoms with Crippen LogP contribution in [-0.4, -0.2) is 14.2 Å². The van der Waals surface area contributed by atoms with Crippen molar-refractivity contribution in [1.29, 1.82) is 0 Å². The minimum atomic E-state index is 0.483. The van der Waals surface area contributed by atoms with Crippen molar-refractivity contribution in [1.82, 2.24) is 0 Å². The van der Waals surface area contributed by atoms with Crippen LogP contribution in [0.4, 0.5) is 0 Å². The second-order valence-corrected chi connectivity index (χ2v) is 5.27. The van der Waals surface area contributed by atoms with Crippen LogP contribution in [0.15, 0.2) is 36.4 Å². The molecule has 0 heterocycles. The first-order valence-electron chi connectivity index (χ1n) is 6.90. The second-order valence-electron chi connectivity index (χ2n) is 5.27. The zero-order valence-electron chi connectivity index (χ0n) is 12.9. The molecule has 0 aliphatic rings. The maximum Gasteiger partial charge on any atom is 0.127 e. The highest BCUT2D eigenvalue weighted by atomic mass is 16.5. The van der Waals surface area contributed by atoms with E-state index in [-0.39, 0.29) is 0 Å². The maximum atomic E-state index is 5.59. The number of hydrogen-bond donors (Lipinski definition) is 0. The average Bonchev–Trinajstić information content (AvgIpc) is 2.46. The van der Waals surface area contributed by atoms with E-state index in [4.69, 9.17) is 9.47 Å². The summed E-state index contributed by atoms with van der Waals surface area (Å²) in [6.07, 6.45) is 0. The minimum Gasteiger partial charge on any atom is -0.496 e. The van der Waals surface area contributed by atoms with E-state index in [0.717, 1.165) is 22.6 Å². The molecule has 0 saturated heterocycles. The first kappa shape index (κ1) is 14.4. The summed E-state index contributed by atoms with van der Waals surface area (Å²) in [5, 5.41) is 0. The molecule has 20 heavy (non-hydrogen) atoms. The predicted octanol–water partition coefficient (Wildman–Crippen LogP) is 4.80. The molecule has 2 rings (SSSR count). The van der Waals surface area contributed by atoms with E-state index in [1.54, 1.807) is 14.2 Å². The Morgan fingerprint density at radius 3 is 2.20 bits per heavy atom. The van der Waals surface area contributed by atoms with Crippen molar-refractivity contribution in [2.24, 2.45) is 0 Å². The van der Waals surface area contributed by atoms with Crippen molar-refractivity contribution >= 4 is 0 Å². The number of hydrogen-bond acceptors (Lipinski definition) is 2. The van der Waals surface area contributed by atoms with Gasteiger partial charge in [0.25, 0.3) is 0 Å². The highest BCUT2D eigenvalue weighted by molar-refractivity contribution is 5.79. The Kier molecular flexibility index (Phi) is 4.33. The summed E-state index contributed by atoms with van der Waals surface area (Å²) < 4.78 is 11.1. The van der Waals surface area contributed by atoms with Gasteiger partial charge in [0.15, 0.2) is 0 Å². The molecule has 0 unspecified atom stereocenters. The molecule has 0 N–H and O–H groups in total. The average molecular weight is 270 g/mol. The largest absolute Gasteiger partial charge is 0.496 e. The first-order chi connectivity index (χ1) is 9.58. The Morgan fingerprint density at radius 2 is 1.60 bits per heavy atom. The van der Waals surface area contributed by atoms with E-state index < -0.39 is 0 Å². The Balaban J connectivity index is 2.64. The molecule has 0 aliphatic carbocycles. The second kappa shape index (κ2) is 6.00. The zero-order valence-corrected chi connectivity index (χ0v) is 12.9. The summed E-state index contributed by atoms with van der Waals surface area (Å²) in [6, 6.07) is 12.5. The molecule has 0 saturated carbocycles. The number of benzene rings is 2. The molecule has 2 aromatic carbocycles. The molecule has 0 radical (unpaired) electrons. The summed E-state index contributed by atoms with van der Waals surface area (Å²) in [5.74, 6) is 2.25. The highest BCUT2D eigenvalue weighted by Crippen LogP contribution is 2.39. The summed E-state index contributed by atoms with van der Waals surface area (Å²) in [5.41, 5.74) is 4.63. The molecule has 0 fully saturated rings. The Morgan fingerprint density at radius 1 is 0.900 bits per heavy atom. The Labute approximate surface area is 121 Å². The molecule has 0 spiro atoms. The number of rotatable bonds is 4. The molecule has 0 atom stereocenters. The highest BCUT2D eigenvalue weighted by Gasteiger charge is 2.14. The Bertz CT molecular complexity index is 600. The lowest BCUT2D eigenvalue weighted by Gasteiger charge is -2.16. The lowest BCUT2D eigenvalue weighted by atomic mass is 9.94. The molecule has 0 amide bonds. The third-order valence-corrected chi connectivity index (χ3v) is 3.62. The lowest BCUT2D eigenvalue weighted by molar-refractivity contribution is 0.409. The number of ether oxygens (including phenoxy) is 2. The molecule has 2 nitrogen and oxygen atoms in total. The molecule has 2 aromatic rings. The molecule has 0 bridgehead atoms. The molecule has 2 heteroatoms. The topological polar surface area (TPSA) is 18.5 Å². The van der Waals surface area contributed by atoms with Crippen molar-refractivity contribution in [2.75, 3.05) is 14.2 Å².